The van der Waals surface area contributed by atoms with Crippen LogP contribution in [-0.2, 0) is 35.0 Å². The minimum Gasteiger partial charge on any atom is -0.373 e. The zero-order chi connectivity index (χ0) is 29.4. The summed E-state index contributed by atoms with van der Waals surface area (Å²) in [5.74, 6) is -4.54. The lowest BCUT2D eigenvalue weighted by Gasteiger charge is -2.34. The van der Waals surface area contributed by atoms with Crippen molar-refractivity contribution in [3.8, 4) is 11.4 Å². The number of benzene rings is 2. The van der Waals surface area contributed by atoms with Gasteiger partial charge in [-0.3, -0.25) is 9.59 Å². The summed E-state index contributed by atoms with van der Waals surface area (Å²) in [6.07, 6.45) is -10.3. The second-order valence-corrected chi connectivity index (χ2v) is 9.43. The van der Waals surface area contributed by atoms with E-state index in [2.05, 4.69) is 10.3 Å². The Morgan fingerprint density at radius 1 is 1.02 bits per heavy atom. The normalized spacial score (nSPS) is 17.4. The van der Waals surface area contributed by atoms with Crippen LogP contribution in [0.25, 0.3) is 11.4 Å². The fourth-order valence-electron chi connectivity index (χ4n) is 4.05. The predicted octanol–water partition coefficient (Wildman–Crippen LogP) is 6.02. The van der Waals surface area contributed by atoms with Gasteiger partial charge in [-0.05, 0) is 37.1 Å². The number of nitrogens with one attached hydrogen (secondary N) is 2. The third-order valence-corrected chi connectivity index (χ3v) is 6.43. The van der Waals surface area contributed by atoms with Crippen LogP contribution in [0.15, 0.2) is 41.2 Å². The number of H-pyrrole nitrogens is 1. The number of aromatic nitrogens is 2. The van der Waals surface area contributed by atoms with Gasteiger partial charge in [0.15, 0.2) is 5.69 Å². The second-order valence-electron chi connectivity index (χ2n) is 8.99. The molecule has 0 atom stereocenters. The van der Waals surface area contributed by atoms with Crippen molar-refractivity contribution >= 4 is 17.5 Å². The molecule has 1 heterocycles. The van der Waals surface area contributed by atoms with Gasteiger partial charge in [-0.25, -0.2) is 13.8 Å². The predicted molar refractivity (Wildman–Crippen MR) is 125 cm³/mol. The van der Waals surface area contributed by atoms with Gasteiger partial charge in [0.25, 0.3) is 5.56 Å². The molecule has 1 amide bonds. The van der Waals surface area contributed by atoms with Crippen molar-refractivity contribution in [2.24, 2.45) is 5.92 Å². The molecule has 0 bridgehead atoms. The molecular weight excluding hydrogens is 578 g/mol. The summed E-state index contributed by atoms with van der Waals surface area (Å²) in [5, 5.41) is 2.69. The molecule has 2 N–H and O–H groups in total. The molecule has 3 aromatic rings. The van der Waals surface area contributed by atoms with Crippen LogP contribution < -0.4 is 10.9 Å². The summed E-state index contributed by atoms with van der Waals surface area (Å²) < 4.78 is 115. The number of amides is 1. The van der Waals surface area contributed by atoms with Crippen LogP contribution in [0.3, 0.4) is 0 Å². The molecule has 4 rings (SSSR count). The van der Waals surface area contributed by atoms with Crippen molar-refractivity contribution in [1.29, 1.82) is 0 Å². The number of carbonyl (C=O) groups is 1. The first-order valence-corrected chi connectivity index (χ1v) is 11.9. The minimum absolute atomic E-state index is 0.0276. The van der Waals surface area contributed by atoms with E-state index in [0.717, 1.165) is 6.07 Å². The Balaban J connectivity index is 1.46. The molecule has 6 nitrogen and oxygen atoms in total. The Morgan fingerprint density at radius 2 is 1.73 bits per heavy atom. The van der Waals surface area contributed by atoms with E-state index in [1.807, 2.05) is 0 Å². The number of halogens is 9. The van der Waals surface area contributed by atoms with Crippen LogP contribution in [0.2, 0.25) is 5.02 Å². The molecule has 2 aromatic carbocycles. The Kier molecular flexibility index (Phi) is 8.22. The summed E-state index contributed by atoms with van der Waals surface area (Å²) in [5.41, 5.74) is -6.57. The molecule has 0 aliphatic heterocycles. The average molecular weight is 596 g/mol. The average Bonchev–Trinajstić information content (AvgIpc) is 2.82. The maximum Gasteiger partial charge on any atom is 0.433 e. The highest BCUT2D eigenvalue weighted by Crippen LogP contribution is 2.39. The highest BCUT2D eigenvalue weighted by atomic mass is 35.5. The number of carbonyl (C=O) groups excluding carboxylic acids is 1. The van der Waals surface area contributed by atoms with Crippen molar-refractivity contribution in [1.82, 2.24) is 15.3 Å². The number of ether oxygens (including phenoxy) is 1. The first-order valence-electron chi connectivity index (χ1n) is 11.5. The van der Waals surface area contributed by atoms with Crippen molar-refractivity contribution in [3.05, 3.63) is 85.8 Å². The van der Waals surface area contributed by atoms with Crippen molar-refractivity contribution in [2.75, 3.05) is 0 Å². The number of hydrogen-bond donors (Lipinski definition) is 2. The lowest BCUT2D eigenvalue weighted by Crippen LogP contribution is -2.42. The van der Waals surface area contributed by atoms with Gasteiger partial charge in [-0.1, -0.05) is 17.7 Å². The van der Waals surface area contributed by atoms with Gasteiger partial charge in [-0.15, -0.1) is 0 Å². The van der Waals surface area contributed by atoms with Crippen LogP contribution in [-0.4, -0.2) is 22.0 Å². The zero-order valence-corrected chi connectivity index (χ0v) is 20.8. The van der Waals surface area contributed by atoms with Crippen molar-refractivity contribution in [2.45, 2.75) is 44.4 Å². The van der Waals surface area contributed by atoms with Gasteiger partial charge in [0.05, 0.1) is 23.8 Å². The summed E-state index contributed by atoms with van der Waals surface area (Å²) >= 11 is 5.83. The van der Waals surface area contributed by atoms with E-state index in [4.69, 9.17) is 16.3 Å². The third kappa shape index (κ3) is 6.61. The van der Waals surface area contributed by atoms with Gasteiger partial charge in [-0.2, -0.15) is 26.3 Å². The van der Waals surface area contributed by atoms with Crippen molar-refractivity contribution in [3.63, 3.8) is 0 Å². The standard InChI is InChI=1S/C25H18ClF8N3O3/c26-14-2-4-17(27)13(5-14)10-40-15-6-12(7-15)23(39)35-9-11-1-3-16(24(29,30)31)20(21(11)28)22-36-18(25(32,33)34)8-19(38)37-22/h1-5,8,12,15H,6-7,9-10H2,(H,35,39)(H,36,37,38). The van der Waals surface area contributed by atoms with E-state index in [1.54, 1.807) is 4.98 Å². The van der Waals surface area contributed by atoms with Crippen LogP contribution >= 0.6 is 11.6 Å². The highest BCUT2D eigenvalue weighted by molar-refractivity contribution is 6.30. The fourth-order valence-corrected chi connectivity index (χ4v) is 4.24. The fraction of sp³-hybridized carbons (Fsp3) is 0.320. The van der Waals surface area contributed by atoms with Crippen LogP contribution in [0.4, 0.5) is 35.1 Å². The van der Waals surface area contributed by atoms with E-state index >= 15 is 4.39 Å². The van der Waals surface area contributed by atoms with E-state index in [0.29, 0.717) is 11.1 Å². The molecule has 0 saturated heterocycles. The van der Waals surface area contributed by atoms with E-state index in [-0.39, 0.29) is 37.2 Å². The highest BCUT2D eigenvalue weighted by Gasteiger charge is 2.39. The third-order valence-electron chi connectivity index (χ3n) is 6.20. The quantitative estimate of drug-likeness (QED) is 0.328. The van der Waals surface area contributed by atoms with Crippen LogP contribution in [0.5, 0.6) is 0 Å². The number of alkyl halides is 6. The number of hydrogen-bond acceptors (Lipinski definition) is 4. The number of rotatable bonds is 7. The molecular formula is C25H18ClF8N3O3. The van der Waals surface area contributed by atoms with Gasteiger partial charge in [0.2, 0.25) is 5.91 Å². The molecule has 1 fully saturated rings. The lowest BCUT2D eigenvalue weighted by atomic mass is 9.81. The van der Waals surface area contributed by atoms with E-state index in [9.17, 15) is 40.3 Å². The van der Waals surface area contributed by atoms with Gasteiger partial charge >= 0.3 is 12.4 Å². The first-order chi connectivity index (χ1) is 18.6. The van der Waals surface area contributed by atoms with Gasteiger partial charge < -0.3 is 15.0 Å². The SMILES string of the molecule is O=C(NCc1ccc(C(F)(F)F)c(-c2nc(C(F)(F)F)cc(=O)[nH]2)c1F)C1CC(OCc2cc(Cl)ccc2F)C1. The number of aromatic amines is 1. The molecule has 15 heteroatoms. The first kappa shape index (κ1) is 29.5. The molecule has 1 aliphatic carbocycles. The summed E-state index contributed by atoms with van der Waals surface area (Å²) in [4.78, 5) is 28.9. The maximum absolute atomic E-state index is 15.3. The van der Waals surface area contributed by atoms with Crippen LogP contribution in [0, 0.1) is 17.6 Å². The maximum atomic E-state index is 15.3. The molecule has 1 saturated carbocycles. The van der Waals surface area contributed by atoms with Gasteiger partial charge in [0.1, 0.15) is 17.5 Å². The second kappa shape index (κ2) is 11.2. The summed E-state index contributed by atoms with van der Waals surface area (Å²) in [7, 11) is 0. The Morgan fingerprint density at radius 3 is 2.38 bits per heavy atom. The molecule has 214 valence electrons. The smallest absolute Gasteiger partial charge is 0.373 e. The monoisotopic (exact) mass is 595 g/mol. The molecule has 40 heavy (non-hydrogen) atoms. The largest absolute Gasteiger partial charge is 0.433 e. The summed E-state index contributed by atoms with van der Waals surface area (Å²) in [6.45, 7) is -0.689. The zero-order valence-electron chi connectivity index (χ0n) is 20.0. The molecule has 0 unspecified atom stereocenters. The van der Waals surface area contributed by atoms with Gasteiger partial charge in [0, 0.05) is 34.7 Å². The van der Waals surface area contributed by atoms with Crippen LogP contribution in [0.1, 0.15) is 35.2 Å². The Bertz CT molecular complexity index is 1480. The minimum atomic E-state index is -5.21. The molecule has 0 spiro atoms. The lowest BCUT2D eigenvalue weighted by molar-refractivity contribution is -0.141. The summed E-state index contributed by atoms with van der Waals surface area (Å²) in [6, 6.07) is 5.13. The van der Waals surface area contributed by atoms with E-state index in [1.165, 1.54) is 18.2 Å². The number of nitrogens with zero attached hydrogens (tertiary/aromatic N) is 1. The van der Waals surface area contributed by atoms with Crippen molar-refractivity contribution < 1.29 is 44.7 Å². The molecule has 0 radical (unpaired) electrons. The topological polar surface area (TPSA) is 84.1 Å². The van der Waals surface area contributed by atoms with E-state index < -0.39 is 76.1 Å². The Labute approximate surface area is 225 Å². The Hall–Kier alpha value is -3.52. The molecule has 1 aromatic heterocycles. The molecule has 1 aliphatic rings.